The predicted octanol–water partition coefficient (Wildman–Crippen LogP) is 3.89. The third-order valence-electron chi connectivity index (χ3n) is 4.57. The van der Waals surface area contributed by atoms with Crippen LogP contribution in [0.3, 0.4) is 0 Å². The molecule has 2 heterocycles. The fraction of sp³-hybridized carbons (Fsp3) is 0.353. The van der Waals surface area contributed by atoms with Crippen molar-refractivity contribution >= 4 is 23.1 Å². The number of aromatic nitrogens is 1. The van der Waals surface area contributed by atoms with Crippen LogP contribution in [0.2, 0.25) is 5.02 Å². The first-order chi connectivity index (χ1) is 12.0. The molecule has 1 N–H and O–H groups in total. The van der Waals surface area contributed by atoms with E-state index in [0.717, 1.165) is 18.5 Å². The molecule has 0 bridgehead atoms. The highest BCUT2D eigenvalue weighted by Crippen LogP contribution is 2.37. The lowest BCUT2D eigenvalue weighted by molar-refractivity contribution is -0.384. The molecule has 25 heavy (non-hydrogen) atoms. The molecule has 2 unspecified atom stereocenters. The molecule has 1 aromatic heterocycles. The van der Waals surface area contributed by atoms with E-state index in [1.54, 1.807) is 6.07 Å². The normalized spacial score (nSPS) is 20.6. The summed E-state index contributed by atoms with van der Waals surface area (Å²) in [5.74, 6) is -0.0122. The van der Waals surface area contributed by atoms with E-state index in [1.165, 1.54) is 24.4 Å². The average molecular weight is 365 g/mol. The number of rotatable bonds is 5. The van der Waals surface area contributed by atoms with Gasteiger partial charge in [-0.3, -0.25) is 15.0 Å². The molecule has 0 radical (unpaired) electrons. The van der Waals surface area contributed by atoms with Gasteiger partial charge in [0.2, 0.25) is 5.82 Å². The summed E-state index contributed by atoms with van der Waals surface area (Å²) in [6.07, 6.45) is 2.42. The molecule has 0 aliphatic carbocycles. The smallest absolute Gasteiger partial charge is 0.311 e. The molecule has 0 saturated carbocycles. The largest absolute Gasteiger partial charge is 0.364 e. The zero-order valence-electron chi connectivity index (χ0n) is 13.7. The average Bonchev–Trinajstić information content (AvgIpc) is 2.96. The molecular weight excluding hydrogens is 347 g/mol. The predicted molar refractivity (Wildman–Crippen MR) is 94.3 cm³/mol. The minimum absolute atomic E-state index is 0.0158. The molecule has 1 aromatic carbocycles. The van der Waals surface area contributed by atoms with Crippen molar-refractivity contribution in [2.24, 2.45) is 5.92 Å². The summed E-state index contributed by atoms with van der Waals surface area (Å²) in [6, 6.07) is 7.82. The lowest BCUT2D eigenvalue weighted by Gasteiger charge is -2.26. The van der Waals surface area contributed by atoms with E-state index < -0.39 is 10.7 Å². The van der Waals surface area contributed by atoms with Crippen LogP contribution in [0.5, 0.6) is 0 Å². The van der Waals surface area contributed by atoms with E-state index in [1.807, 2.05) is 13.1 Å². The topological polar surface area (TPSA) is 71.3 Å². The van der Waals surface area contributed by atoms with Crippen molar-refractivity contribution in [1.82, 2.24) is 9.88 Å². The number of nitro groups is 1. The first-order valence-corrected chi connectivity index (χ1v) is 8.33. The summed E-state index contributed by atoms with van der Waals surface area (Å²) in [6.45, 7) is 1.38. The molecule has 0 amide bonds. The van der Waals surface area contributed by atoms with Gasteiger partial charge in [0.15, 0.2) is 0 Å². The Bertz CT molecular complexity index is 789. The van der Waals surface area contributed by atoms with E-state index in [9.17, 15) is 14.5 Å². The molecule has 2 aromatic rings. The number of nitrogens with one attached hydrogen (secondary N) is 1. The summed E-state index contributed by atoms with van der Waals surface area (Å²) in [5, 5.41) is 14.3. The van der Waals surface area contributed by atoms with Gasteiger partial charge >= 0.3 is 5.69 Å². The van der Waals surface area contributed by atoms with E-state index in [2.05, 4.69) is 15.2 Å². The highest BCUT2D eigenvalue weighted by atomic mass is 35.5. The van der Waals surface area contributed by atoms with Gasteiger partial charge in [-0.15, -0.1) is 0 Å². The Hall–Kier alpha value is -2.25. The number of benzene rings is 1. The number of hydrogen-bond acceptors (Lipinski definition) is 5. The number of halogens is 2. The van der Waals surface area contributed by atoms with Crippen LogP contribution >= 0.6 is 11.6 Å². The summed E-state index contributed by atoms with van der Waals surface area (Å²) >= 11 is 5.78. The fourth-order valence-corrected chi connectivity index (χ4v) is 3.49. The zero-order valence-corrected chi connectivity index (χ0v) is 14.4. The van der Waals surface area contributed by atoms with Crippen LogP contribution in [0.4, 0.5) is 15.9 Å². The van der Waals surface area contributed by atoms with Gasteiger partial charge in [-0.25, -0.2) is 9.37 Å². The van der Waals surface area contributed by atoms with Crippen LogP contribution in [0, 0.1) is 21.8 Å². The minimum atomic E-state index is -0.456. The van der Waals surface area contributed by atoms with Crippen LogP contribution < -0.4 is 5.32 Å². The lowest BCUT2D eigenvalue weighted by atomic mass is 9.93. The fourth-order valence-electron chi connectivity index (χ4n) is 3.37. The van der Waals surface area contributed by atoms with Gasteiger partial charge in [0.05, 0.1) is 9.95 Å². The molecule has 1 aliphatic rings. The Morgan fingerprint density at radius 1 is 1.48 bits per heavy atom. The van der Waals surface area contributed by atoms with Crippen molar-refractivity contribution in [3.8, 4) is 0 Å². The van der Waals surface area contributed by atoms with E-state index in [0.29, 0.717) is 6.54 Å². The maximum absolute atomic E-state index is 13.8. The monoisotopic (exact) mass is 364 g/mol. The summed E-state index contributed by atoms with van der Waals surface area (Å²) in [4.78, 5) is 16.8. The van der Waals surface area contributed by atoms with E-state index >= 15 is 0 Å². The van der Waals surface area contributed by atoms with Crippen molar-refractivity contribution < 1.29 is 9.31 Å². The molecule has 8 heteroatoms. The Balaban J connectivity index is 1.77. The van der Waals surface area contributed by atoms with Gasteiger partial charge in [-0.1, -0.05) is 17.7 Å². The molecule has 1 fully saturated rings. The zero-order chi connectivity index (χ0) is 18.0. The number of likely N-dealkylation sites (tertiary alicyclic amines) is 1. The van der Waals surface area contributed by atoms with Crippen molar-refractivity contribution in [1.29, 1.82) is 0 Å². The number of nitrogens with zero attached hydrogens (tertiary/aromatic N) is 3. The number of anilines is 1. The number of pyridine rings is 1. The van der Waals surface area contributed by atoms with Gasteiger partial charge in [-0.2, -0.15) is 0 Å². The van der Waals surface area contributed by atoms with Gasteiger partial charge < -0.3 is 5.32 Å². The quantitative estimate of drug-likeness (QED) is 0.643. The Morgan fingerprint density at radius 2 is 2.28 bits per heavy atom. The van der Waals surface area contributed by atoms with Gasteiger partial charge in [0.25, 0.3) is 0 Å². The Kier molecular flexibility index (Phi) is 5.15. The van der Waals surface area contributed by atoms with Gasteiger partial charge in [0, 0.05) is 24.8 Å². The highest BCUT2D eigenvalue weighted by molar-refractivity contribution is 6.30. The molecule has 132 valence electrons. The molecule has 2 atom stereocenters. The maximum atomic E-state index is 13.8. The molecule has 3 rings (SSSR count). The third-order valence-corrected chi connectivity index (χ3v) is 4.88. The first-order valence-electron chi connectivity index (χ1n) is 7.96. The second kappa shape index (κ2) is 7.33. The van der Waals surface area contributed by atoms with Crippen LogP contribution in [0.25, 0.3) is 0 Å². The maximum Gasteiger partial charge on any atom is 0.311 e. The van der Waals surface area contributed by atoms with Crippen LogP contribution in [0.15, 0.2) is 36.5 Å². The second-order valence-corrected chi connectivity index (χ2v) is 6.56. The third kappa shape index (κ3) is 3.72. The lowest BCUT2D eigenvalue weighted by Crippen LogP contribution is -2.25. The summed E-state index contributed by atoms with van der Waals surface area (Å²) < 4.78 is 13.8. The minimum Gasteiger partial charge on any atom is -0.364 e. The molecule has 6 nitrogen and oxygen atoms in total. The van der Waals surface area contributed by atoms with E-state index in [-0.39, 0.29) is 28.5 Å². The Labute approximate surface area is 149 Å². The molecule has 1 aliphatic heterocycles. The standard InChI is InChI=1S/C17H18ClFN4O2/c1-22-8-6-12(16(22)11-4-5-13(18)14(19)9-11)10-21-17-15(23(24)25)3-2-7-20-17/h2-5,7,9,12,16H,6,8,10H2,1H3,(H,20,21). The van der Waals surface area contributed by atoms with Gasteiger partial charge in [-0.05, 0) is 49.7 Å². The van der Waals surface area contributed by atoms with Crippen molar-refractivity contribution in [2.45, 2.75) is 12.5 Å². The molecule has 1 saturated heterocycles. The highest BCUT2D eigenvalue weighted by Gasteiger charge is 2.33. The SMILES string of the molecule is CN1CCC(CNc2ncccc2[N+](=O)[O-])C1c1ccc(Cl)c(F)c1. The Morgan fingerprint density at radius 3 is 3.00 bits per heavy atom. The second-order valence-electron chi connectivity index (χ2n) is 6.16. The van der Waals surface area contributed by atoms with Crippen LogP contribution in [-0.4, -0.2) is 34.9 Å². The van der Waals surface area contributed by atoms with E-state index in [4.69, 9.17) is 11.6 Å². The summed E-state index contributed by atoms with van der Waals surface area (Å²) in [5.41, 5.74) is 0.798. The van der Waals surface area contributed by atoms with Crippen LogP contribution in [-0.2, 0) is 0 Å². The first kappa shape index (κ1) is 17.6. The van der Waals surface area contributed by atoms with Crippen molar-refractivity contribution in [3.63, 3.8) is 0 Å². The van der Waals surface area contributed by atoms with Gasteiger partial charge in [0.1, 0.15) is 5.82 Å². The number of hydrogen-bond donors (Lipinski definition) is 1. The molecule has 0 spiro atoms. The van der Waals surface area contributed by atoms with Crippen LogP contribution in [0.1, 0.15) is 18.0 Å². The summed E-state index contributed by atoms with van der Waals surface area (Å²) in [7, 11) is 1.99. The van der Waals surface area contributed by atoms with Crippen molar-refractivity contribution in [3.05, 3.63) is 63.0 Å². The van der Waals surface area contributed by atoms with Crippen molar-refractivity contribution in [2.75, 3.05) is 25.5 Å². The molecular formula is C17H18ClFN4O2.